The lowest BCUT2D eigenvalue weighted by Crippen LogP contribution is -2.45. The molecule has 448 valence electrons. The zero-order chi connectivity index (χ0) is 55.6. The molecular formula is C67H129N2O6P. The van der Waals surface area contributed by atoms with Crippen molar-refractivity contribution in [3.63, 3.8) is 0 Å². The first-order valence-corrected chi connectivity index (χ1v) is 34.5. The largest absolute Gasteiger partial charge is 0.756 e. The van der Waals surface area contributed by atoms with Crippen molar-refractivity contribution in [2.24, 2.45) is 0 Å². The van der Waals surface area contributed by atoms with Crippen LogP contribution in [0.1, 0.15) is 322 Å². The summed E-state index contributed by atoms with van der Waals surface area (Å²) >= 11 is 0. The average Bonchev–Trinajstić information content (AvgIpc) is 3.38. The molecule has 0 fully saturated rings. The number of amides is 1. The molecule has 9 heteroatoms. The Kier molecular flexibility index (Phi) is 56.9. The Hall–Kier alpha value is -1.54. The number of allylic oxidation sites excluding steroid dienone is 7. The minimum atomic E-state index is -4.61. The van der Waals surface area contributed by atoms with Gasteiger partial charge in [0.2, 0.25) is 5.91 Å². The van der Waals surface area contributed by atoms with Gasteiger partial charge in [0.25, 0.3) is 7.82 Å². The van der Waals surface area contributed by atoms with Gasteiger partial charge in [-0.25, -0.2) is 0 Å². The Bertz CT molecular complexity index is 1380. The maximum atomic E-state index is 13.0. The van der Waals surface area contributed by atoms with Crippen LogP contribution in [0.5, 0.6) is 0 Å². The van der Waals surface area contributed by atoms with E-state index in [2.05, 4.69) is 55.6 Å². The summed E-state index contributed by atoms with van der Waals surface area (Å²) in [4.78, 5) is 25.5. The van der Waals surface area contributed by atoms with Gasteiger partial charge in [-0.1, -0.05) is 300 Å². The molecule has 1 amide bonds. The molecule has 3 atom stereocenters. The number of phosphoric ester groups is 1. The van der Waals surface area contributed by atoms with E-state index in [1.807, 2.05) is 27.2 Å². The fraction of sp³-hybridized carbons (Fsp3) is 0.866. The van der Waals surface area contributed by atoms with E-state index in [0.29, 0.717) is 17.4 Å². The van der Waals surface area contributed by atoms with Crippen LogP contribution in [0.15, 0.2) is 48.6 Å². The molecule has 76 heavy (non-hydrogen) atoms. The van der Waals surface area contributed by atoms with E-state index in [-0.39, 0.29) is 12.5 Å². The second-order valence-electron chi connectivity index (χ2n) is 23.8. The van der Waals surface area contributed by atoms with Gasteiger partial charge in [-0.3, -0.25) is 9.36 Å². The van der Waals surface area contributed by atoms with Gasteiger partial charge in [0, 0.05) is 6.42 Å². The number of hydrogen-bond acceptors (Lipinski definition) is 6. The van der Waals surface area contributed by atoms with Crippen LogP contribution in [0.25, 0.3) is 0 Å². The molecule has 0 aromatic rings. The number of likely N-dealkylation sites (N-methyl/N-ethyl adjacent to an activating group) is 1. The van der Waals surface area contributed by atoms with Crippen LogP contribution in [0.2, 0.25) is 0 Å². The maximum absolute atomic E-state index is 13.0. The summed E-state index contributed by atoms with van der Waals surface area (Å²) in [7, 11) is 1.25. The molecule has 0 aliphatic carbocycles. The minimum absolute atomic E-state index is 0.00591. The highest BCUT2D eigenvalue weighted by Gasteiger charge is 2.23. The maximum Gasteiger partial charge on any atom is 0.268 e. The molecular weight excluding hydrogens is 960 g/mol. The second-order valence-corrected chi connectivity index (χ2v) is 25.2. The molecule has 0 rings (SSSR count). The molecule has 0 aliphatic heterocycles. The van der Waals surface area contributed by atoms with Gasteiger partial charge in [0.05, 0.1) is 39.9 Å². The Labute approximate surface area is 473 Å². The third kappa shape index (κ3) is 60.1. The molecule has 0 bridgehead atoms. The summed E-state index contributed by atoms with van der Waals surface area (Å²) in [5.74, 6) is -0.203. The molecule has 2 N–H and O–H groups in total. The topological polar surface area (TPSA) is 108 Å². The minimum Gasteiger partial charge on any atom is -0.756 e. The van der Waals surface area contributed by atoms with Crippen molar-refractivity contribution < 1.29 is 32.9 Å². The van der Waals surface area contributed by atoms with Crippen LogP contribution in [-0.2, 0) is 18.4 Å². The quantitative estimate of drug-likeness (QED) is 0.0272. The molecule has 0 saturated carbocycles. The van der Waals surface area contributed by atoms with Crippen molar-refractivity contribution in [2.45, 2.75) is 334 Å². The van der Waals surface area contributed by atoms with E-state index in [1.165, 1.54) is 257 Å². The first-order chi connectivity index (χ1) is 37.0. The summed E-state index contributed by atoms with van der Waals surface area (Å²) < 4.78 is 23.4. The summed E-state index contributed by atoms with van der Waals surface area (Å²) in [5.41, 5.74) is 0. The Morgan fingerprint density at radius 2 is 0.776 bits per heavy atom. The van der Waals surface area contributed by atoms with Crippen LogP contribution < -0.4 is 10.2 Å². The van der Waals surface area contributed by atoms with Gasteiger partial charge in [-0.2, -0.15) is 0 Å². The number of nitrogens with one attached hydrogen (secondary N) is 1. The molecule has 0 saturated heterocycles. The molecule has 0 heterocycles. The molecule has 3 unspecified atom stereocenters. The van der Waals surface area contributed by atoms with Crippen LogP contribution in [0, 0.1) is 0 Å². The summed E-state index contributed by atoms with van der Waals surface area (Å²) in [6.45, 7) is 4.66. The van der Waals surface area contributed by atoms with Crippen LogP contribution in [-0.4, -0.2) is 68.5 Å². The monoisotopic (exact) mass is 1090 g/mol. The molecule has 0 radical (unpaired) electrons. The Balaban J connectivity index is 4.00. The van der Waals surface area contributed by atoms with E-state index < -0.39 is 26.6 Å². The number of aliphatic hydroxyl groups is 1. The van der Waals surface area contributed by atoms with Crippen molar-refractivity contribution in [1.82, 2.24) is 5.32 Å². The van der Waals surface area contributed by atoms with Crippen molar-refractivity contribution >= 4 is 13.7 Å². The highest BCUT2D eigenvalue weighted by molar-refractivity contribution is 7.45. The third-order valence-corrected chi connectivity index (χ3v) is 16.0. The Morgan fingerprint density at radius 3 is 1.14 bits per heavy atom. The van der Waals surface area contributed by atoms with Gasteiger partial charge in [-0.15, -0.1) is 0 Å². The number of carbonyl (C=O) groups excluding carboxylic acids is 1. The van der Waals surface area contributed by atoms with Crippen LogP contribution in [0.4, 0.5) is 0 Å². The molecule has 8 nitrogen and oxygen atoms in total. The molecule has 0 aromatic carbocycles. The predicted molar refractivity (Wildman–Crippen MR) is 330 cm³/mol. The molecule has 0 aromatic heterocycles. The third-order valence-electron chi connectivity index (χ3n) is 15.0. The fourth-order valence-corrected chi connectivity index (χ4v) is 10.6. The number of aliphatic hydroxyl groups excluding tert-OH is 1. The van der Waals surface area contributed by atoms with E-state index in [0.717, 1.165) is 44.9 Å². The molecule has 0 aliphatic rings. The zero-order valence-electron chi connectivity index (χ0n) is 51.2. The lowest BCUT2D eigenvalue weighted by Gasteiger charge is -2.29. The first-order valence-electron chi connectivity index (χ1n) is 33.0. The second kappa shape index (κ2) is 58.1. The number of hydrogen-bond donors (Lipinski definition) is 2. The van der Waals surface area contributed by atoms with Gasteiger partial charge < -0.3 is 28.8 Å². The highest BCUT2D eigenvalue weighted by Crippen LogP contribution is 2.38. The summed E-state index contributed by atoms with van der Waals surface area (Å²) in [5, 5.41) is 13.9. The van der Waals surface area contributed by atoms with Crippen molar-refractivity contribution in [1.29, 1.82) is 0 Å². The predicted octanol–water partition coefficient (Wildman–Crippen LogP) is 20.0. The lowest BCUT2D eigenvalue weighted by molar-refractivity contribution is -0.870. The zero-order valence-corrected chi connectivity index (χ0v) is 52.1. The number of rotatable bonds is 61. The van der Waals surface area contributed by atoms with Gasteiger partial charge in [-0.05, 0) is 64.2 Å². The van der Waals surface area contributed by atoms with E-state index in [4.69, 9.17) is 9.05 Å². The summed E-state index contributed by atoms with van der Waals surface area (Å²) in [6.07, 6.45) is 78.1. The molecule has 0 spiro atoms. The highest BCUT2D eigenvalue weighted by atomic mass is 31.2. The number of carbonyl (C=O) groups is 1. The number of nitrogens with zero attached hydrogens (tertiary/aromatic N) is 1. The SMILES string of the molecule is CCCCCCCCCCCCC/C=C/CC/C=C/C(O)C(COP(=O)([O-])OCC[N+](C)(C)C)NC(=O)CCCCCCCCCCCCCCCCCCC/C=C\C/C=C\CCCCCCCCCCCCCCC. The van der Waals surface area contributed by atoms with Crippen molar-refractivity contribution in [3.05, 3.63) is 48.6 Å². The lowest BCUT2D eigenvalue weighted by atomic mass is 10.0. The average molecular weight is 1090 g/mol. The number of phosphoric acid groups is 1. The van der Waals surface area contributed by atoms with Gasteiger partial charge in [0.15, 0.2) is 0 Å². The van der Waals surface area contributed by atoms with E-state index in [9.17, 15) is 19.4 Å². The number of unbranched alkanes of at least 4 members (excludes halogenated alkanes) is 42. The smallest absolute Gasteiger partial charge is 0.268 e. The number of quaternary nitrogens is 1. The Morgan fingerprint density at radius 1 is 0.461 bits per heavy atom. The van der Waals surface area contributed by atoms with Crippen LogP contribution in [0.3, 0.4) is 0 Å². The normalized spacial score (nSPS) is 14.0. The van der Waals surface area contributed by atoms with Crippen molar-refractivity contribution in [3.8, 4) is 0 Å². The fourth-order valence-electron chi connectivity index (χ4n) is 9.85. The van der Waals surface area contributed by atoms with Gasteiger partial charge >= 0.3 is 0 Å². The van der Waals surface area contributed by atoms with Crippen molar-refractivity contribution in [2.75, 3.05) is 40.9 Å². The van der Waals surface area contributed by atoms with E-state index in [1.54, 1.807) is 6.08 Å². The first kappa shape index (κ1) is 74.5. The summed E-state index contributed by atoms with van der Waals surface area (Å²) in [6, 6.07) is -0.904. The van der Waals surface area contributed by atoms with Gasteiger partial charge in [0.1, 0.15) is 13.2 Å². The van der Waals surface area contributed by atoms with Crippen LogP contribution >= 0.6 is 7.82 Å². The standard InChI is InChI=1S/C67H129N2O6P/c1-6-8-10-12-14-16-18-20-22-24-25-26-27-28-29-30-31-32-33-34-35-36-37-38-39-40-41-42-43-45-47-49-51-53-55-57-59-61-67(71)68-65(64-75-76(72,73)74-63-62-69(3,4)5)66(70)60-58-56-54-52-50-48-46-44-23-21-19-17-15-13-11-9-7-2/h29-30,32-33,50,52,58,60,65-66,70H,6-28,31,34-49,51,53-57,59,61-64H2,1-5H3,(H-,68,71,72,73)/b30-29-,33-32-,52-50+,60-58+. The van der Waals surface area contributed by atoms with E-state index >= 15 is 0 Å².